The lowest BCUT2D eigenvalue weighted by atomic mass is 10.2. The highest BCUT2D eigenvalue weighted by molar-refractivity contribution is 5.95. The molecule has 0 saturated carbocycles. The highest BCUT2D eigenvalue weighted by Crippen LogP contribution is 2.32. The summed E-state index contributed by atoms with van der Waals surface area (Å²) in [7, 11) is 0. The van der Waals surface area contributed by atoms with Gasteiger partial charge in [-0.05, 0) is 24.3 Å². The summed E-state index contributed by atoms with van der Waals surface area (Å²) in [6.45, 7) is 0.381. The van der Waals surface area contributed by atoms with E-state index in [1.165, 1.54) is 35.5 Å². The number of nitrogens with zero attached hydrogens (tertiary/aromatic N) is 4. The highest BCUT2D eigenvalue weighted by Gasteiger charge is 2.31. The molecule has 0 fully saturated rings. The number of amidine groups is 1. The lowest BCUT2D eigenvalue weighted by Gasteiger charge is -2.15. The van der Waals surface area contributed by atoms with Crippen molar-refractivity contribution in [1.82, 2.24) is 0 Å². The molecule has 2 heterocycles. The Morgan fingerprint density at radius 1 is 1.32 bits per heavy atom. The van der Waals surface area contributed by atoms with Gasteiger partial charge in [0.1, 0.15) is 4.92 Å². The molecule has 25 heavy (non-hydrogen) atoms. The van der Waals surface area contributed by atoms with E-state index in [-0.39, 0.29) is 5.76 Å². The van der Waals surface area contributed by atoms with Gasteiger partial charge in [-0.15, -0.1) is 0 Å². The Morgan fingerprint density at radius 2 is 2.12 bits per heavy atom. The van der Waals surface area contributed by atoms with Crippen LogP contribution in [0, 0.1) is 10.1 Å². The number of nitro groups is 1. The first kappa shape index (κ1) is 16.7. The molecule has 7 nitrogen and oxygen atoms in total. The number of furan rings is 1. The fraction of sp³-hybridized carbons (Fsp3) is 0.200. The number of hydrogen-bond donors (Lipinski definition) is 0. The van der Waals surface area contributed by atoms with Gasteiger partial charge in [0.2, 0.25) is 0 Å². The van der Waals surface area contributed by atoms with Gasteiger partial charge in [-0.1, -0.05) is 6.07 Å². The van der Waals surface area contributed by atoms with Crippen molar-refractivity contribution in [2.45, 2.75) is 12.6 Å². The molecule has 130 valence electrons. The Hall–Kier alpha value is -3.17. The van der Waals surface area contributed by atoms with Gasteiger partial charge in [-0.2, -0.15) is 18.3 Å². The number of hydrazone groups is 1. The summed E-state index contributed by atoms with van der Waals surface area (Å²) >= 11 is 0. The average Bonchev–Trinajstić information content (AvgIpc) is 3.22. The van der Waals surface area contributed by atoms with Crippen molar-refractivity contribution in [3.63, 3.8) is 0 Å². The van der Waals surface area contributed by atoms with E-state index in [2.05, 4.69) is 10.1 Å². The van der Waals surface area contributed by atoms with E-state index in [1.54, 1.807) is 0 Å². The van der Waals surface area contributed by atoms with Gasteiger partial charge in [0, 0.05) is 13.0 Å². The molecular formula is C15H11F3N4O3. The van der Waals surface area contributed by atoms with E-state index in [9.17, 15) is 23.3 Å². The molecule has 0 amide bonds. The minimum atomic E-state index is -4.42. The molecule has 0 unspecified atom stereocenters. The van der Waals surface area contributed by atoms with Gasteiger partial charge in [0.15, 0.2) is 11.6 Å². The van der Waals surface area contributed by atoms with Crippen molar-refractivity contribution in [2.75, 3.05) is 11.6 Å². The monoisotopic (exact) mass is 352 g/mol. The van der Waals surface area contributed by atoms with E-state index >= 15 is 0 Å². The van der Waals surface area contributed by atoms with Crippen LogP contribution in [0.1, 0.15) is 17.7 Å². The molecule has 0 atom stereocenters. The summed E-state index contributed by atoms with van der Waals surface area (Å²) in [4.78, 5) is 13.9. The standard InChI is InChI=1S/C15H11F3N4O3/c16-15(17,18)10-2-1-3-11(8-10)21-7-6-13(20-21)19-9-12-4-5-14(25-12)22(23)24/h1-5,8-9H,6-7H2. The second-order valence-electron chi connectivity index (χ2n) is 5.13. The SMILES string of the molecule is O=[N+]([O-])c1ccc(C=NC2=NN(c3cccc(C(F)(F)F)c3)CC2)o1. The van der Waals surface area contributed by atoms with Gasteiger partial charge in [0.05, 0.1) is 23.5 Å². The van der Waals surface area contributed by atoms with E-state index in [4.69, 9.17) is 4.42 Å². The quantitative estimate of drug-likeness (QED) is 0.477. The maximum absolute atomic E-state index is 12.8. The molecule has 10 heteroatoms. The first-order chi connectivity index (χ1) is 11.8. The molecule has 0 bridgehead atoms. The fourth-order valence-electron chi connectivity index (χ4n) is 2.21. The van der Waals surface area contributed by atoms with Crippen LogP contribution in [0.2, 0.25) is 0 Å². The van der Waals surface area contributed by atoms with E-state index < -0.39 is 22.5 Å². The third-order valence-corrected chi connectivity index (χ3v) is 3.39. The number of rotatable bonds is 3. The Balaban J connectivity index is 1.74. The number of hydrogen-bond acceptors (Lipinski definition) is 6. The smallest absolute Gasteiger partial charge is 0.400 e. The summed E-state index contributed by atoms with van der Waals surface area (Å²) in [5.74, 6) is 0.170. The third kappa shape index (κ3) is 3.84. The molecule has 2 aromatic rings. The molecule has 1 aliphatic heterocycles. The lowest BCUT2D eigenvalue weighted by molar-refractivity contribution is -0.402. The fourth-order valence-corrected chi connectivity index (χ4v) is 2.21. The van der Waals surface area contributed by atoms with E-state index in [0.29, 0.717) is 24.5 Å². The van der Waals surface area contributed by atoms with Crippen LogP contribution in [0.3, 0.4) is 0 Å². The van der Waals surface area contributed by atoms with Gasteiger partial charge >= 0.3 is 12.1 Å². The summed E-state index contributed by atoms with van der Waals surface area (Å²) < 4.78 is 43.2. The first-order valence-electron chi connectivity index (χ1n) is 7.13. The van der Waals surface area contributed by atoms with E-state index in [0.717, 1.165) is 12.1 Å². The summed E-state index contributed by atoms with van der Waals surface area (Å²) in [6.07, 6.45) is -2.72. The van der Waals surface area contributed by atoms with Crippen LogP contribution in [-0.2, 0) is 6.18 Å². The molecule has 0 spiro atoms. The summed E-state index contributed by atoms with van der Waals surface area (Å²) in [5.41, 5.74) is -0.436. The minimum Gasteiger partial charge on any atom is -0.400 e. The molecule has 0 N–H and O–H groups in total. The second-order valence-corrected chi connectivity index (χ2v) is 5.13. The van der Waals surface area contributed by atoms with Crippen LogP contribution in [-0.4, -0.2) is 23.5 Å². The Morgan fingerprint density at radius 3 is 2.80 bits per heavy atom. The predicted octanol–water partition coefficient (Wildman–Crippen LogP) is 3.85. The molecular weight excluding hydrogens is 341 g/mol. The molecule has 0 radical (unpaired) electrons. The molecule has 1 aromatic heterocycles. The predicted molar refractivity (Wildman–Crippen MR) is 83.8 cm³/mol. The first-order valence-corrected chi connectivity index (χ1v) is 7.13. The highest BCUT2D eigenvalue weighted by atomic mass is 19.4. The van der Waals surface area contributed by atoms with Crippen LogP contribution < -0.4 is 5.01 Å². The summed E-state index contributed by atoms with van der Waals surface area (Å²) in [6, 6.07) is 7.45. The molecule has 3 rings (SSSR count). The maximum atomic E-state index is 12.8. The normalized spacial score (nSPS) is 15.0. The van der Waals surface area contributed by atoms with E-state index in [1.807, 2.05) is 0 Å². The largest absolute Gasteiger partial charge is 0.433 e. The van der Waals surface area contributed by atoms with Gasteiger partial charge < -0.3 is 4.42 Å². The van der Waals surface area contributed by atoms with Gasteiger partial charge in [-0.25, -0.2) is 4.99 Å². The number of anilines is 1. The van der Waals surface area contributed by atoms with Crippen molar-refractivity contribution < 1.29 is 22.5 Å². The third-order valence-electron chi connectivity index (χ3n) is 3.39. The van der Waals surface area contributed by atoms with Crippen LogP contribution in [0.15, 0.2) is 50.9 Å². The van der Waals surface area contributed by atoms with Crippen molar-refractivity contribution in [3.05, 3.63) is 57.8 Å². The topological polar surface area (TPSA) is 84.2 Å². The van der Waals surface area contributed by atoms with Crippen LogP contribution >= 0.6 is 0 Å². The number of benzene rings is 1. The van der Waals surface area contributed by atoms with Crippen molar-refractivity contribution in [1.29, 1.82) is 0 Å². The Labute approximate surface area is 139 Å². The Bertz CT molecular complexity index is 858. The molecule has 1 aliphatic rings. The van der Waals surface area contributed by atoms with Crippen molar-refractivity contribution >= 4 is 23.6 Å². The second kappa shape index (κ2) is 6.38. The van der Waals surface area contributed by atoms with Crippen LogP contribution in [0.5, 0.6) is 0 Å². The lowest BCUT2D eigenvalue weighted by Crippen LogP contribution is -2.13. The van der Waals surface area contributed by atoms with Crippen molar-refractivity contribution in [2.24, 2.45) is 10.1 Å². The average molecular weight is 352 g/mol. The molecule has 1 aromatic carbocycles. The number of halogens is 3. The molecule has 0 saturated heterocycles. The van der Waals surface area contributed by atoms with Crippen LogP contribution in [0.25, 0.3) is 0 Å². The van der Waals surface area contributed by atoms with Crippen LogP contribution in [0.4, 0.5) is 24.7 Å². The van der Waals surface area contributed by atoms with Gasteiger partial charge in [-0.3, -0.25) is 15.1 Å². The zero-order valence-corrected chi connectivity index (χ0v) is 12.6. The summed E-state index contributed by atoms with van der Waals surface area (Å²) in [5, 5.41) is 16.1. The zero-order chi connectivity index (χ0) is 18.0. The maximum Gasteiger partial charge on any atom is 0.433 e. The number of alkyl halides is 3. The zero-order valence-electron chi connectivity index (χ0n) is 12.6. The molecule has 0 aliphatic carbocycles. The number of aliphatic imine (C=N–C) groups is 1. The van der Waals surface area contributed by atoms with Crippen molar-refractivity contribution in [3.8, 4) is 0 Å². The van der Waals surface area contributed by atoms with Gasteiger partial charge in [0.25, 0.3) is 0 Å². The minimum absolute atomic E-state index is 0.187. The Kier molecular flexibility index (Phi) is 4.26.